The summed E-state index contributed by atoms with van der Waals surface area (Å²) in [6.07, 6.45) is -2.88. The van der Waals surface area contributed by atoms with Gasteiger partial charge in [-0.2, -0.15) is 13.2 Å². The van der Waals surface area contributed by atoms with Crippen LogP contribution in [0, 0.1) is 0 Å². The van der Waals surface area contributed by atoms with Gasteiger partial charge >= 0.3 is 6.18 Å². The molecular formula is C21H22F3N3O. The lowest BCUT2D eigenvalue weighted by atomic mass is 10.1. The van der Waals surface area contributed by atoms with Crippen molar-refractivity contribution in [3.63, 3.8) is 0 Å². The van der Waals surface area contributed by atoms with Crippen molar-refractivity contribution < 1.29 is 18.4 Å². The minimum atomic E-state index is -4.40. The predicted molar refractivity (Wildman–Crippen MR) is 104 cm³/mol. The van der Waals surface area contributed by atoms with E-state index in [4.69, 9.17) is 0 Å². The van der Waals surface area contributed by atoms with Gasteiger partial charge in [0.25, 0.3) is 0 Å². The van der Waals surface area contributed by atoms with E-state index in [2.05, 4.69) is 5.10 Å². The number of fused-ring (bicyclic) bond motifs is 2. The molecule has 0 saturated heterocycles. The molecule has 2 aromatic carbocycles. The first-order chi connectivity index (χ1) is 13.3. The topological polar surface area (TPSA) is 43.0 Å². The van der Waals surface area contributed by atoms with Crippen LogP contribution in [0.2, 0.25) is 0 Å². The lowest BCUT2D eigenvalue weighted by Crippen LogP contribution is -2.07. The van der Waals surface area contributed by atoms with Gasteiger partial charge in [0.15, 0.2) is 0 Å². The molecule has 0 aliphatic rings. The van der Waals surface area contributed by atoms with Crippen LogP contribution in [0.3, 0.4) is 0 Å². The van der Waals surface area contributed by atoms with E-state index in [1.807, 2.05) is 44.4 Å². The van der Waals surface area contributed by atoms with Gasteiger partial charge in [0.05, 0.1) is 17.3 Å². The standard InChI is InChI=1S/C19H16F3N3O.C2H6/c1-11(2)16-6-12-7-18-13(10-23-25(18)26)8-17(12)24(16)15-5-3-4-14(9-15)19(20,21)22;1-2/h3-11,26H,1-2H3;1-2H3. The van der Waals surface area contributed by atoms with Crippen molar-refractivity contribution in [2.45, 2.75) is 39.8 Å². The first-order valence-electron chi connectivity index (χ1n) is 9.16. The second kappa shape index (κ2) is 7.22. The molecule has 0 radical (unpaired) electrons. The summed E-state index contributed by atoms with van der Waals surface area (Å²) in [5.74, 6) is 0.102. The minimum absolute atomic E-state index is 0.102. The van der Waals surface area contributed by atoms with Crippen molar-refractivity contribution in [3.8, 4) is 5.69 Å². The van der Waals surface area contributed by atoms with Crippen molar-refractivity contribution in [2.75, 3.05) is 0 Å². The van der Waals surface area contributed by atoms with E-state index in [1.165, 1.54) is 12.3 Å². The van der Waals surface area contributed by atoms with E-state index >= 15 is 0 Å². The molecule has 0 saturated carbocycles. The molecule has 0 aliphatic carbocycles. The molecule has 1 N–H and O–H groups in total. The average molecular weight is 389 g/mol. The van der Waals surface area contributed by atoms with Gasteiger partial charge in [-0.15, -0.1) is 9.94 Å². The number of benzene rings is 2. The third-order valence-electron chi connectivity index (χ3n) is 4.52. The fraction of sp³-hybridized carbons (Fsp3) is 0.286. The van der Waals surface area contributed by atoms with Crippen molar-refractivity contribution in [3.05, 3.63) is 59.9 Å². The quantitative estimate of drug-likeness (QED) is 0.404. The van der Waals surface area contributed by atoms with Crippen molar-refractivity contribution in [1.82, 2.24) is 14.5 Å². The van der Waals surface area contributed by atoms with Gasteiger partial charge < -0.3 is 9.77 Å². The number of halogens is 3. The Morgan fingerprint density at radius 1 is 0.964 bits per heavy atom. The summed E-state index contributed by atoms with van der Waals surface area (Å²) in [6, 6.07) is 10.9. The number of hydrogen-bond acceptors (Lipinski definition) is 2. The zero-order valence-electron chi connectivity index (χ0n) is 16.1. The van der Waals surface area contributed by atoms with Crippen LogP contribution in [0.15, 0.2) is 48.7 Å². The first kappa shape index (κ1) is 19.8. The second-order valence-corrected chi connectivity index (χ2v) is 6.61. The lowest BCUT2D eigenvalue weighted by molar-refractivity contribution is -0.137. The maximum Gasteiger partial charge on any atom is 0.416 e. The van der Waals surface area contributed by atoms with Crippen LogP contribution in [-0.2, 0) is 6.18 Å². The summed E-state index contributed by atoms with van der Waals surface area (Å²) in [4.78, 5) is 0.797. The van der Waals surface area contributed by atoms with Crippen LogP contribution in [-0.4, -0.2) is 19.7 Å². The van der Waals surface area contributed by atoms with Crippen LogP contribution in [0.1, 0.15) is 44.9 Å². The van der Waals surface area contributed by atoms with E-state index in [9.17, 15) is 18.4 Å². The van der Waals surface area contributed by atoms with E-state index in [-0.39, 0.29) is 5.92 Å². The molecule has 2 heterocycles. The molecule has 4 aromatic rings. The zero-order valence-corrected chi connectivity index (χ0v) is 16.1. The number of alkyl halides is 3. The smallest absolute Gasteiger partial charge is 0.411 e. The Morgan fingerprint density at radius 2 is 1.64 bits per heavy atom. The van der Waals surface area contributed by atoms with Crippen LogP contribution in [0.4, 0.5) is 13.2 Å². The third-order valence-corrected chi connectivity index (χ3v) is 4.52. The Balaban J connectivity index is 0.00000109. The molecule has 28 heavy (non-hydrogen) atoms. The Labute approximate surface area is 160 Å². The van der Waals surface area contributed by atoms with Crippen molar-refractivity contribution in [2.24, 2.45) is 0 Å². The van der Waals surface area contributed by atoms with Gasteiger partial charge in [-0.25, -0.2) is 0 Å². The van der Waals surface area contributed by atoms with Gasteiger partial charge in [0, 0.05) is 22.2 Å². The predicted octanol–water partition coefficient (Wildman–Crippen LogP) is 6.39. The van der Waals surface area contributed by atoms with Gasteiger partial charge in [-0.1, -0.05) is 33.8 Å². The highest BCUT2D eigenvalue weighted by atomic mass is 19.4. The van der Waals surface area contributed by atoms with E-state index in [0.717, 1.165) is 33.6 Å². The summed E-state index contributed by atoms with van der Waals surface area (Å²) in [5, 5.41) is 15.1. The molecule has 0 fully saturated rings. The van der Waals surface area contributed by atoms with Crippen LogP contribution in [0.5, 0.6) is 0 Å². The molecule has 0 spiro atoms. The number of rotatable bonds is 2. The summed E-state index contributed by atoms with van der Waals surface area (Å²) in [6.45, 7) is 7.98. The molecular weight excluding hydrogens is 367 g/mol. The molecule has 0 amide bonds. The Kier molecular flexibility index (Phi) is 5.10. The summed E-state index contributed by atoms with van der Waals surface area (Å²) < 4.78 is 41.3. The Morgan fingerprint density at radius 3 is 2.29 bits per heavy atom. The fourth-order valence-corrected chi connectivity index (χ4v) is 3.27. The summed E-state index contributed by atoms with van der Waals surface area (Å²) in [5.41, 5.74) is 1.98. The molecule has 0 atom stereocenters. The molecule has 148 valence electrons. The minimum Gasteiger partial charge on any atom is -0.411 e. The number of nitrogens with zero attached hydrogens (tertiary/aromatic N) is 3. The van der Waals surface area contributed by atoms with Crippen LogP contribution in [0.25, 0.3) is 27.5 Å². The van der Waals surface area contributed by atoms with Crippen LogP contribution < -0.4 is 0 Å². The third kappa shape index (κ3) is 3.32. The molecule has 0 unspecified atom stereocenters. The first-order valence-corrected chi connectivity index (χ1v) is 9.16. The highest BCUT2D eigenvalue weighted by Crippen LogP contribution is 2.35. The monoisotopic (exact) mass is 389 g/mol. The molecule has 4 rings (SSSR count). The molecule has 0 bridgehead atoms. The van der Waals surface area contributed by atoms with E-state index < -0.39 is 11.7 Å². The van der Waals surface area contributed by atoms with Crippen LogP contribution >= 0.6 is 0 Å². The second-order valence-electron chi connectivity index (χ2n) is 6.61. The SMILES string of the molecule is CC.CC(C)c1cc2cc3c(cnn3O)cc2n1-c1cccc(C(F)(F)F)c1. The molecule has 7 heteroatoms. The highest BCUT2D eigenvalue weighted by Gasteiger charge is 2.30. The summed E-state index contributed by atoms with van der Waals surface area (Å²) in [7, 11) is 0. The number of aromatic nitrogens is 3. The van der Waals surface area contributed by atoms with Gasteiger partial charge in [0.1, 0.15) is 5.52 Å². The molecule has 2 aromatic heterocycles. The van der Waals surface area contributed by atoms with Gasteiger partial charge in [0.2, 0.25) is 0 Å². The normalized spacial score (nSPS) is 11.9. The maximum atomic E-state index is 13.1. The highest BCUT2D eigenvalue weighted by molar-refractivity contribution is 5.96. The van der Waals surface area contributed by atoms with Crippen molar-refractivity contribution in [1.29, 1.82) is 0 Å². The summed E-state index contributed by atoms with van der Waals surface area (Å²) >= 11 is 0. The number of hydrogen-bond donors (Lipinski definition) is 1. The average Bonchev–Trinajstić information content (AvgIpc) is 3.22. The fourth-order valence-electron chi connectivity index (χ4n) is 3.27. The van der Waals surface area contributed by atoms with Gasteiger partial charge in [-0.05, 0) is 42.3 Å². The maximum absolute atomic E-state index is 13.1. The van der Waals surface area contributed by atoms with Crippen molar-refractivity contribution >= 4 is 21.8 Å². The Hall–Kier alpha value is -2.96. The van der Waals surface area contributed by atoms with Gasteiger partial charge in [-0.3, -0.25) is 0 Å². The molecule has 0 aliphatic heterocycles. The Bertz CT molecular complexity index is 1120. The zero-order chi connectivity index (χ0) is 20.6. The van der Waals surface area contributed by atoms with E-state index in [0.29, 0.717) is 16.6 Å². The van der Waals surface area contributed by atoms with E-state index in [1.54, 1.807) is 12.1 Å². The largest absolute Gasteiger partial charge is 0.416 e. The molecule has 4 nitrogen and oxygen atoms in total. The lowest BCUT2D eigenvalue weighted by Gasteiger charge is -2.15.